The quantitative estimate of drug-likeness (QED) is 0.770. The number of rotatable bonds is 5. The van der Waals surface area contributed by atoms with E-state index < -0.39 is 5.60 Å². The van der Waals surface area contributed by atoms with Gasteiger partial charge in [-0.1, -0.05) is 45.9 Å². The minimum atomic E-state index is -0.867. The van der Waals surface area contributed by atoms with Crippen LogP contribution in [0.2, 0.25) is 0 Å². The molecule has 3 N–H and O–H groups in total. The molecule has 1 aromatic carbocycles. The lowest BCUT2D eigenvalue weighted by Crippen LogP contribution is -2.47. The van der Waals surface area contributed by atoms with E-state index >= 15 is 0 Å². The number of hydrogen-bond donors (Lipinski definition) is 3. The second-order valence-electron chi connectivity index (χ2n) is 7.27. The van der Waals surface area contributed by atoms with Crippen molar-refractivity contribution in [2.75, 3.05) is 25.1 Å². The number of nitrogens with one attached hydrogen (secondary N) is 2. The zero-order valence-electron chi connectivity index (χ0n) is 15.2. The molecule has 0 aliphatic carbocycles. The Balaban J connectivity index is 2.07. The number of benzene rings is 1. The first-order valence-corrected chi connectivity index (χ1v) is 8.80. The third-order valence-electron chi connectivity index (χ3n) is 4.61. The molecule has 2 rings (SSSR count). The van der Waals surface area contributed by atoms with Gasteiger partial charge in [0.05, 0.1) is 5.60 Å². The first kappa shape index (κ1) is 18.7. The predicted molar refractivity (Wildman–Crippen MR) is 96.6 cm³/mol. The van der Waals surface area contributed by atoms with Crippen LogP contribution in [0.4, 0.5) is 10.5 Å². The molecule has 5 nitrogen and oxygen atoms in total. The van der Waals surface area contributed by atoms with Crippen LogP contribution in [0.15, 0.2) is 18.2 Å². The van der Waals surface area contributed by atoms with Crippen LogP contribution in [0.25, 0.3) is 0 Å². The van der Waals surface area contributed by atoms with Crippen LogP contribution in [0, 0.1) is 0 Å². The van der Waals surface area contributed by atoms with Crippen LogP contribution in [-0.2, 0) is 4.74 Å². The Morgan fingerprint density at radius 2 is 1.71 bits per heavy atom. The summed E-state index contributed by atoms with van der Waals surface area (Å²) in [5.74, 6) is 0.636. The number of carbonyl (C=O) groups excluding carboxylic acids is 1. The average Bonchev–Trinajstić information content (AvgIpc) is 2.53. The predicted octanol–water partition coefficient (Wildman–Crippen LogP) is 3.60. The van der Waals surface area contributed by atoms with Crippen molar-refractivity contribution in [3.63, 3.8) is 0 Å². The van der Waals surface area contributed by atoms with Gasteiger partial charge in [0.1, 0.15) is 0 Å². The number of carbonyl (C=O) groups is 1. The van der Waals surface area contributed by atoms with E-state index in [0.29, 0.717) is 37.9 Å². The molecule has 1 aromatic rings. The molecular weight excluding hydrogens is 304 g/mol. The summed E-state index contributed by atoms with van der Waals surface area (Å²) >= 11 is 0. The monoisotopic (exact) mass is 334 g/mol. The number of para-hydroxylation sites is 1. The van der Waals surface area contributed by atoms with E-state index in [2.05, 4.69) is 50.5 Å². The molecule has 1 fully saturated rings. The lowest BCUT2D eigenvalue weighted by atomic mass is 9.92. The SMILES string of the molecule is CC(C)c1cccc(C(C)C)c1NC(=O)NCC1(O)CCOCC1. The van der Waals surface area contributed by atoms with E-state index in [1.54, 1.807) is 0 Å². The number of anilines is 1. The molecule has 5 heteroatoms. The minimum Gasteiger partial charge on any atom is -0.388 e. The fourth-order valence-corrected chi connectivity index (χ4v) is 3.03. The fourth-order valence-electron chi connectivity index (χ4n) is 3.03. The summed E-state index contributed by atoms with van der Waals surface area (Å²) in [6.07, 6.45) is 1.10. The second kappa shape index (κ2) is 7.99. The number of urea groups is 1. The largest absolute Gasteiger partial charge is 0.388 e. The molecule has 0 bridgehead atoms. The van der Waals surface area contributed by atoms with Crippen LogP contribution in [0.3, 0.4) is 0 Å². The van der Waals surface area contributed by atoms with Gasteiger partial charge in [-0.3, -0.25) is 0 Å². The highest BCUT2D eigenvalue weighted by Gasteiger charge is 2.30. The van der Waals surface area contributed by atoms with Crippen molar-refractivity contribution in [1.29, 1.82) is 0 Å². The Morgan fingerprint density at radius 3 is 2.21 bits per heavy atom. The molecule has 0 radical (unpaired) electrons. The molecule has 0 unspecified atom stereocenters. The molecule has 0 atom stereocenters. The summed E-state index contributed by atoms with van der Waals surface area (Å²) in [4.78, 5) is 12.4. The third kappa shape index (κ3) is 4.71. The van der Waals surface area contributed by atoms with Crippen molar-refractivity contribution >= 4 is 11.7 Å². The van der Waals surface area contributed by atoms with Crippen molar-refractivity contribution in [2.24, 2.45) is 0 Å². The highest BCUT2D eigenvalue weighted by molar-refractivity contribution is 5.91. The van der Waals surface area contributed by atoms with E-state index in [-0.39, 0.29) is 12.6 Å². The Hall–Kier alpha value is -1.59. The molecule has 1 aliphatic rings. The lowest BCUT2D eigenvalue weighted by Gasteiger charge is -2.32. The van der Waals surface area contributed by atoms with Gasteiger partial charge in [-0.25, -0.2) is 4.79 Å². The van der Waals surface area contributed by atoms with Crippen LogP contribution in [0.1, 0.15) is 63.5 Å². The van der Waals surface area contributed by atoms with Gasteiger partial charge in [0.25, 0.3) is 0 Å². The van der Waals surface area contributed by atoms with Gasteiger partial charge in [0.15, 0.2) is 0 Å². The Bertz CT molecular complexity index is 537. The molecule has 0 spiro atoms. The zero-order valence-corrected chi connectivity index (χ0v) is 15.2. The van der Waals surface area contributed by atoms with Gasteiger partial charge in [0, 0.05) is 38.3 Å². The summed E-state index contributed by atoms with van der Waals surface area (Å²) in [5.41, 5.74) is 2.27. The van der Waals surface area contributed by atoms with Gasteiger partial charge >= 0.3 is 6.03 Å². The lowest BCUT2D eigenvalue weighted by molar-refractivity contribution is -0.0598. The summed E-state index contributed by atoms with van der Waals surface area (Å²) in [6.45, 7) is 9.78. The third-order valence-corrected chi connectivity index (χ3v) is 4.61. The van der Waals surface area contributed by atoms with Crippen molar-refractivity contribution in [2.45, 2.75) is 58.0 Å². The molecule has 24 heavy (non-hydrogen) atoms. The smallest absolute Gasteiger partial charge is 0.319 e. The van der Waals surface area contributed by atoms with Gasteiger partial charge in [-0.15, -0.1) is 0 Å². The van der Waals surface area contributed by atoms with Crippen LogP contribution in [-0.4, -0.2) is 36.5 Å². The Labute approximate surface area is 144 Å². The van der Waals surface area contributed by atoms with Gasteiger partial charge in [0.2, 0.25) is 0 Å². The second-order valence-corrected chi connectivity index (χ2v) is 7.27. The summed E-state index contributed by atoms with van der Waals surface area (Å²) < 4.78 is 5.26. The van der Waals surface area contributed by atoms with Crippen molar-refractivity contribution in [3.05, 3.63) is 29.3 Å². The molecular formula is C19H30N2O3. The van der Waals surface area contributed by atoms with Gasteiger partial charge in [-0.05, 0) is 23.0 Å². The maximum absolute atomic E-state index is 12.4. The van der Waals surface area contributed by atoms with Crippen molar-refractivity contribution in [1.82, 2.24) is 5.32 Å². The van der Waals surface area contributed by atoms with E-state index in [1.165, 1.54) is 0 Å². The van der Waals surface area contributed by atoms with E-state index in [1.807, 2.05) is 6.07 Å². The van der Waals surface area contributed by atoms with Crippen molar-refractivity contribution < 1.29 is 14.6 Å². The first-order valence-electron chi connectivity index (χ1n) is 8.80. The maximum Gasteiger partial charge on any atom is 0.319 e. The maximum atomic E-state index is 12.4. The Kier molecular flexibility index (Phi) is 6.24. The van der Waals surface area contributed by atoms with E-state index in [0.717, 1.165) is 16.8 Å². The molecule has 1 aliphatic heterocycles. The topological polar surface area (TPSA) is 70.6 Å². The highest BCUT2D eigenvalue weighted by Crippen LogP contribution is 2.32. The molecule has 0 aromatic heterocycles. The number of amides is 2. The van der Waals surface area contributed by atoms with E-state index in [4.69, 9.17) is 4.74 Å². The number of aliphatic hydroxyl groups is 1. The highest BCUT2D eigenvalue weighted by atomic mass is 16.5. The number of hydrogen-bond acceptors (Lipinski definition) is 3. The summed E-state index contributed by atoms with van der Waals surface area (Å²) in [6, 6.07) is 5.87. The van der Waals surface area contributed by atoms with E-state index in [9.17, 15) is 9.90 Å². The van der Waals surface area contributed by atoms with Crippen LogP contribution in [0.5, 0.6) is 0 Å². The molecule has 1 saturated heterocycles. The average molecular weight is 334 g/mol. The first-order chi connectivity index (χ1) is 11.3. The van der Waals surface area contributed by atoms with Crippen LogP contribution >= 0.6 is 0 Å². The molecule has 1 heterocycles. The normalized spacial score (nSPS) is 17.1. The molecule has 2 amide bonds. The number of ether oxygens (including phenoxy) is 1. The summed E-state index contributed by atoms with van der Waals surface area (Å²) in [5, 5.41) is 16.3. The Morgan fingerprint density at radius 1 is 1.17 bits per heavy atom. The van der Waals surface area contributed by atoms with Crippen molar-refractivity contribution in [3.8, 4) is 0 Å². The standard InChI is InChI=1S/C19H30N2O3/c1-13(2)15-6-5-7-16(14(3)4)17(15)21-18(22)20-12-19(23)8-10-24-11-9-19/h5-7,13-14,23H,8-12H2,1-4H3,(H2,20,21,22). The fraction of sp³-hybridized carbons (Fsp3) is 0.632. The van der Waals surface area contributed by atoms with Gasteiger partial charge in [-0.2, -0.15) is 0 Å². The zero-order chi connectivity index (χ0) is 17.7. The van der Waals surface area contributed by atoms with Gasteiger partial charge < -0.3 is 20.5 Å². The molecule has 134 valence electrons. The summed E-state index contributed by atoms with van der Waals surface area (Å²) in [7, 11) is 0. The molecule has 0 saturated carbocycles. The van der Waals surface area contributed by atoms with Crippen LogP contribution < -0.4 is 10.6 Å². The minimum absolute atomic E-state index is 0.239.